The number of carbonyl (C=O) groups is 1. The van der Waals surface area contributed by atoms with Crippen molar-refractivity contribution in [2.24, 2.45) is 0 Å². The van der Waals surface area contributed by atoms with Gasteiger partial charge in [-0.05, 0) is 31.5 Å². The van der Waals surface area contributed by atoms with Crippen molar-refractivity contribution >= 4 is 17.5 Å². The number of carbonyl (C=O) groups excluding carboxylic acids is 1. The van der Waals surface area contributed by atoms with Crippen molar-refractivity contribution in [3.63, 3.8) is 0 Å². The molecule has 138 valence electrons. The van der Waals surface area contributed by atoms with Crippen LogP contribution in [-0.4, -0.2) is 22.1 Å². The third-order valence-corrected chi connectivity index (χ3v) is 3.53. The van der Waals surface area contributed by atoms with Crippen LogP contribution in [0.1, 0.15) is 33.1 Å². The average Bonchev–Trinajstić information content (AvgIpc) is 2.62. The summed E-state index contributed by atoms with van der Waals surface area (Å²) in [6, 6.07) is 8.55. The maximum Gasteiger partial charge on any atom is 0.417 e. The third kappa shape index (κ3) is 6.04. The first-order valence-corrected chi connectivity index (χ1v) is 8.34. The lowest BCUT2D eigenvalue weighted by atomic mass is 10.2. The van der Waals surface area contributed by atoms with Gasteiger partial charge in [-0.25, -0.2) is 9.78 Å². The summed E-state index contributed by atoms with van der Waals surface area (Å²) in [6.07, 6.45) is 3.99. The molecule has 0 aliphatic carbocycles. The molecule has 2 aromatic rings. The van der Waals surface area contributed by atoms with Gasteiger partial charge < -0.3 is 9.47 Å². The van der Waals surface area contributed by atoms with Crippen LogP contribution in [0.5, 0.6) is 11.6 Å². The molecule has 1 heterocycles. The number of rotatable bonds is 8. The standard InChI is InChI=1S/C18H21N3O5/c1-3-4-5-13(2)25-17-11-6-14(12-19-17)20-18(22)26-16-9-7-15(8-10-16)21(23)24/h6-13H,3-5H2,1-2H3,(H,20,22). The number of pyridine rings is 1. The molecule has 0 radical (unpaired) electrons. The Bertz CT molecular complexity index is 731. The van der Waals surface area contributed by atoms with E-state index in [1.54, 1.807) is 12.1 Å². The van der Waals surface area contributed by atoms with Crippen LogP contribution in [0.2, 0.25) is 0 Å². The summed E-state index contributed by atoms with van der Waals surface area (Å²) in [4.78, 5) is 26.1. The Morgan fingerprint density at radius 1 is 1.27 bits per heavy atom. The van der Waals surface area contributed by atoms with Gasteiger partial charge in [0, 0.05) is 18.2 Å². The highest BCUT2D eigenvalue weighted by molar-refractivity contribution is 5.86. The predicted octanol–water partition coefficient (Wildman–Crippen LogP) is 4.56. The van der Waals surface area contributed by atoms with Crippen molar-refractivity contribution in [3.8, 4) is 11.6 Å². The lowest BCUT2D eigenvalue weighted by Crippen LogP contribution is -2.17. The van der Waals surface area contributed by atoms with Gasteiger partial charge in [-0.1, -0.05) is 19.8 Å². The highest BCUT2D eigenvalue weighted by Crippen LogP contribution is 2.19. The number of unbranched alkanes of at least 4 members (excludes halogenated alkanes) is 1. The van der Waals surface area contributed by atoms with Gasteiger partial charge in [-0.15, -0.1) is 0 Å². The van der Waals surface area contributed by atoms with E-state index in [4.69, 9.17) is 9.47 Å². The Kier molecular flexibility index (Phi) is 6.90. The van der Waals surface area contributed by atoms with Crippen molar-refractivity contribution in [2.75, 3.05) is 5.32 Å². The van der Waals surface area contributed by atoms with Gasteiger partial charge in [0.05, 0.1) is 22.9 Å². The molecule has 1 N–H and O–H groups in total. The summed E-state index contributed by atoms with van der Waals surface area (Å²) in [5, 5.41) is 13.1. The number of amides is 1. The lowest BCUT2D eigenvalue weighted by Gasteiger charge is -2.13. The number of nitro benzene ring substituents is 1. The summed E-state index contributed by atoms with van der Waals surface area (Å²) >= 11 is 0. The average molecular weight is 359 g/mol. The van der Waals surface area contributed by atoms with Crippen LogP contribution in [0.15, 0.2) is 42.6 Å². The number of benzene rings is 1. The predicted molar refractivity (Wildman–Crippen MR) is 96.6 cm³/mol. The molecular weight excluding hydrogens is 338 g/mol. The zero-order valence-corrected chi connectivity index (χ0v) is 14.7. The van der Waals surface area contributed by atoms with Crippen molar-refractivity contribution < 1.29 is 19.2 Å². The zero-order chi connectivity index (χ0) is 18.9. The molecule has 0 bridgehead atoms. The van der Waals surface area contributed by atoms with Crippen molar-refractivity contribution in [1.82, 2.24) is 4.98 Å². The number of nitrogens with one attached hydrogen (secondary N) is 1. The van der Waals surface area contributed by atoms with Crippen LogP contribution < -0.4 is 14.8 Å². The highest BCUT2D eigenvalue weighted by Gasteiger charge is 2.09. The fourth-order valence-electron chi connectivity index (χ4n) is 2.17. The van der Waals surface area contributed by atoms with Gasteiger partial charge in [0.25, 0.3) is 5.69 Å². The largest absolute Gasteiger partial charge is 0.475 e. The molecule has 8 nitrogen and oxygen atoms in total. The molecule has 2 rings (SSSR count). The molecule has 1 unspecified atom stereocenters. The summed E-state index contributed by atoms with van der Waals surface area (Å²) in [7, 11) is 0. The minimum atomic E-state index is -0.717. The van der Waals surface area contributed by atoms with Crippen molar-refractivity contribution in [2.45, 2.75) is 39.2 Å². The number of aromatic nitrogens is 1. The SMILES string of the molecule is CCCCC(C)Oc1ccc(NC(=O)Oc2ccc([N+](=O)[O-])cc2)cn1. The van der Waals surface area contributed by atoms with Crippen molar-refractivity contribution in [3.05, 3.63) is 52.7 Å². The van der Waals surface area contributed by atoms with Gasteiger partial charge in [0.15, 0.2) is 0 Å². The van der Waals surface area contributed by atoms with E-state index in [-0.39, 0.29) is 17.5 Å². The fraction of sp³-hybridized carbons (Fsp3) is 0.333. The molecule has 26 heavy (non-hydrogen) atoms. The molecule has 1 aromatic carbocycles. The van der Waals surface area contributed by atoms with Gasteiger partial charge in [-0.2, -0.15) is 0 Å². The molecule has 8 heteroatoms. The van der Waals surface area contributed by atoms with E-state index < -0.39 is 11.0 Å². The number of anilines is 1. The number of nitro groups is 1. The Morgan fingerprint density at radius 2 is 2.00 bits per heavy atom. The molecule has 0 saturated carbocycles. The minimum Gasteiger partial charge on any atom is -0.475 e. The normalized spacial score (nSPS) is 11.5. The van der Waals surface area contributed by atoms with Gasteiger partial charge in [0.1, 0.15) is 5.75 Å². The van der Waals surface area contributed by atoms with E-state index in [2.05, 4.69) is 17.2 Å². The van der Waals surface area contributed by atoms with E-state index in [0.29, 0.717) is 11.6 Å². The van der Waals surface area contributed by atoms with E-state index >= 15 is 0 Å². The monoisotopic (exact) mass is 359 g/mol. The van der Waals surface area contributed by atoms with Crippen LogP contribution in [0.25, 0.3) is 0 Å². The number of hydrogen-bond donors (Lipinski definition) is 1. The van der Waals surface area contributed by atoms with E-state index in [1.807, 2.05) is 6.92 Å². The minimum absolute atomic E-state index is 0.0772. The molecule has 0 saturated heterocycles. The quantitative estimate of drug-likeness (QED) is 0.547. The summed E-state index contributed by atoms with van der Waals surface area (Å²) < 4.78 is 10.8. The Labute approximate surface area is 151 Å². The second kappa shape index (κ2) is 9.36. The third-order valence-electron chi connectivity index (χ3n) is 3.53. The van der Waals surface area contributed by atoms with Gasteiger partial charge >= 0.3 is 6.09 Å². The maximum absolute atomic E-state index is 11.9. The Hall–Kier alpha value is -3.16. The zero-order valence-electron chi connectivity index (χ0n) is 14.7. The summed E-state index contributed by atoms with van der Waals surface area (Å²) in [5.74, 6) is 0.689. The fourth-order valence-corrected chi connectivity index (χ4v) is 2.17. The topological polar surface area (TPSA) is 104 Å². The molecule has 1 aromatic heterocycles. The molecular formula is C18H21N3O5. The maximum atomic E-state index is 11.9. The summed E-state index contributed by atoms with van der Waals surface area (Å²) in [6.45, 7) is 4.12. The van der Waals surface area contributed by atoms with Gasteiger partial charge in [0.2, 0.25) is 5.88 Å². The number of hydrogen-bond acceptors (Lipinski definition) is 6. The van der Waals surface area contributed by atoms with Gasteiger partial charge in [-0.3, -0.25) is 15.4 Å². The first-order chi connectivity index (χ1) is 12.5. The first-order valence-electron chi connectivity index (χ1n) is 8.34. The van der Waals surface area contributed by atoms with E-state index in [0.717, 1.165) is 19.3 Å². The van der Waals surface area contributed by atoms with Crippen molar-refractivity contribution in [1.29, 1.82) is 0 Å². The highest BCUT2D eigenvalue weighted by atomic mass is 16.6. The number of ether oxygens (including phenoxy) is 2. The van der Waals surface area contributed by atoms with Crippen LogP contribution in [0.4, 0.5) is 16.2 Å². The van der Waals surface area contributed by atoms with E-state index in [9.17, 15) is 14.9 Å². The summed E-state index contributed by atoms with van der Waals surface area (Å²) in [5.41, 5.74) is 0.371. The van der Waals surface area contributed by atoms with E-state index in [1.165, 1.54) is 30.5 Å². The van der Waals surface area contributed by atoms with Crippen LogP contribution in [0.3, 0.4) is 0 Å². The molecule has 0 fully saturated rings. The Morgan fingerprint density at radius 3 is 2.58 bits per heavy atom. The molecule has 1 atom stereocenters. The van der Waals surface area contributed by atoms with Crippen LogP contribution in [0, 0.1) is 10.1 Å². The molecule has 0 aliphatic heterocycles. The second-order valence-corrected chi connectivity index (χ2v) is 5.72. The van der Waals surface area contributed by atoms with Crippen LogP contribution >= 0.6 is 0 Å². The van der Waals surface area contributed by atoms with Crippen LogP contribution in [-0.2, 0) is 0 Å². The molecule has 0 spiro atoms. The number of nitrogens with zero attached hydrogens (tertiary/aromatic N) is 2. The Balaban J connectivity index is 1.85. The first kappa shape index (κ1) is 19.2. The second-order valence-electron chi connectivity index (χ2n) is 5.72. The smallest absolute Gasteiger partial charge is 0.417 e. The number of non-ortho nitro benzene ring substituents is 1. The lowest BCUT2D eigenvalue weighted by molar-refractivity contribution is -0.384. The molecule has 1 amide bonds. The molecule has 0 aliphatic rings.